The van der Waals surface area contributed by atoms with Gasteiger partial charge in [0.05, 0.1) is 31.2 Å². The molecule has 0 saturated heterocycles. The van der Waals surface area contributed by atoms with Crippen LogP contribution in [0.3, 0.4) is 0 Å². The Bertz CT molecular complexity index is 1360. The summed E-state index contributed by atoms with van der Waals surface area (Å²) in [7, 11) is 2.80. The molecule has 2 aromatic heterocycles. The van der Waals surface area contributed by atoms with E-state index in [2.05, 4.69) is 27.5 Å². The molecule has 0 fully saturated rings. The summed E-state index contributed by atoms with van der Waals surface area (Å²) < 4.78 is 17.6. The molecule has 0 aliphatic heterocycles. The Morgan fingerprint density at radius 1 is 1.13 bits per heavy atom. The second kappa shape index (κ2) is 12.4. The molecule has 0 bridgehead atoms. The molecule has 9 heteroatoms. The number of ketones is 1. The summed E-state index contributed by atoms with van der Waals surface area (Å²) in [5.74, 6) is -0.974. The van der Waals surface area contributed by atoms with Crippen LogP contribution in [0.2, 0.25) is 0 Å². The average Bonchev–Trinajstić information content (AvgIpc) is 3.12. The van der Waals surface area contributed by atoms with Gasteiger partial charge in [-0.1, -0.05) is 30.3 Å². The topological polar surface area (TPSA) is 96.7 Å². The van der Waals surface area contributed by atoms with E-state index in [9.17, 15) is 14.4 Å². The van der Waals surface area contributed by atoms with E-state index in [1.54, 1.807) is 32.9 Å². The number of fused-ring (bicyclic) bond motifs is 1. The molecule has 0 aliphatic carbocycles. The molecule has 0 amide bonds. The Labute approximate surface area is 231 Å². The lowest BCUT2D eigenvalue weighted by atomic mass is 9.91. The van der Waals surface area contributed by atoms with Gasteiger partial charge < -0.3 is 14.2 Å². The van der Waals surface area contributed by atoms with Crippen molar-refractivity contribution >= 4 is 44.8 Å². The third-order valence-electron chi connectivity index (χ3n) is 5.84. The maximum atomic E-state index is 13.3. The summed E-state index contributed by atoms with van der Waals surface area (Å²) in [6.07, 6.45) is 2.19. The van der Waals surface area contributed by atoms with Gasteiger partial charge in [0.25, 0.3) is 0 Å². The number of carbonyl (C=O) groups excluding carboxylic acids is 3. The number of pyridine rings is 1. The second-order valence-electron chi connectivity index (χ2n) is 9.96. The Balaban J connectivity index is 1.92. The predicted octanol–water partition coefficient (Wildman–Crippen LogP) is 5.85. The molecule has 0 aliphatic rings. The van der Waals surface area contributed by atoms with Crippen molar-refractivity contribution in [1.29, 1.82) is 0 Å². The van der Waals surface area contributed by atoms with E-state index >= 15 is 0 Å². The minimum Gasteiger partial charge on any atom is -0.481 e. The number of carbonyl (C=O) groups is 3. The third kappa shape index (κ3) is 7.10. The predicted molar refractivity (Wildman–Crippen MR) is 148 cm³/mol. The van der Waals surface area contributed by atoms with Crippen molar-refractivity contribution in [2.24, 2.45) is 5.92 Å². The van der Waals surface area contributed by atoms with Gasteiger partial charge in [0.2, 0.25) is 5.88 Å². The van der Waals surface area contributed by atoms with Crippen LogP contribution in [-0.2, 0) is 38.3 Å². The third-order valence-corrected chi connectivity index (χ3v) is 6.68. The molecule has 202 valence electrons. The van der Waals surface area contributed by atoms with E-state index in [1.807, 2.05) is 30.3 Å². The van der Waals surface area contributed by atoms with Gasteiger partial charge in [-0.25, -0.2) is 14.3 Å². The quantitative estimate of drug-likeness (QED) is 0.218. The molecule has 3 aromatic rings. The van der Waals surface area contributed by atoms with Gasteiger partial charge in [-0.15, -0.1) is 6.58 Å². The number of halogens is 1. The van der Waals surface area contributed by atoms with E-state index < -0.39 is 23.6 Å². The lowest BCUT2D eigenvalue weighted by Gasteiger charge is -2.20. The molecule has 0 saturated carbocycles. The van der Waals surface area contributed by atoms with Crippen molar-refractivity contribution < 1.29 is 28.6 Å². The van der Waals surface area contributed by atoms with Gasteiger partial charge >= 0.3 is 12.1 Å². The van der Waals surface area contributed by atoms with Crippen LogP contribution in [0.1, 0.15) is 43.9 Å². The van der Waals surface area contributed by atoms with Crippen LogP contribution in [0.25, 0.3) is 11.0 Å². The van der Waals surface area contributed by atoms with Gasteiger partial charge in [-0.3, -0.25) is 9.59 Å². The van der Waals surface area contributed by atoms with Gasteiger partial charge in [0.1, 0.15) is 16.0 Å². The van der Waals surface area contributed by atoms with Crippen molar-refractivity contribution in [3.05, 3.63) is 70.3 Å². The van der Waals surface area contributed by atoms with Crippen LogP contribution in [0.5, 0.6) is 5.88 Å². The first-order valence-corrected chi connectivity index (χ1v) is 13.0. The number of hydrogen-bond donors (Lipinski definition) is 0. The average molecular weight is 585 g/mol. The number of nitrogens with zero attached hydrogens (tertiary/aromatic N) is 2. The van der Waals surface area contributed by atoms with Crippen molar-refractivity contribution in [2.45, 2.75) is 52.1 Å². The molecule has 0 unspecified atom stereocenters. The summed E-state index contributed by atoms with van der Waals surface area (Å²) in [4.78, 5) is 43.5. The number of Topliss-reactive ketones (excluding diaryl/α,β-unsaturated/α-hetero) is 1. The first kappa shape index (κ1) is 29.1. The minimum atomic E-state index is -0.723. The van der Waals surface area contributed by atoms with Crippen molar-refractivity contribution in [3.63, 3.8) is 0 Å². The Morgan fingerprint density at radius 3 is 2.47 bits per heavy atom. The fourth-order valence-electron chi connectivity index (χ4n) is 4.22. The minimum absolute atomic E-state index is 0.0339. The van der Waals surface area contributed by atoms with E-state index in [0.29, 0.717) is 39.9 Å². The van der Waals surface area contributed by atoms with Gasteiger partial charge in [0.15, 0.2) is 0 Å². The molecule has 1 aromatic carbocycles. The zero-order valence-corrected chi connectivity index (χ0v) is 24.0. The number of rotatable bonds is 10. The zero-order chi connectivity index (χ0) is 28.0. The van der Waals surface area contributed by atoms with E-state index in [-0.39, 0.29) is 18.6 Å². The Morgan fingerprint density at radius 2 is 1.84 bits per heavy atom. The number of esters is 1. The summed E-state index contributed by atoms with van der Waals surface area (Å²) in [5, 5.41) is 0. The molecule has 0 radical (unpaired) electrons. The highest BCUT2D eigenvalue weighted by molar-refractivity contribution is 9.10. The first-order valence-electron chi connectivity index (χ1n) is 12.2. The summed E-state index contributed by atoms with van der Waals surface area (Å²) in [6, 6.07) is 11.2. The van der Waals surface area contributed by atoms with Crippen LogP contribution in [0.15, 0.2) is 53.7 Å². The fraction of sp³-hybridized carbons (Fsp3) is 0.379. The summed E-state index contributed by atoms with van der Waals surface area (Å²) in [6.45, 7) is 9.09. The van der Waals surface area contributed by atoms with E-state index in [4.69, 9.17) is 14.2 Å². The van der Waals surface area contributed by atoms with Gasteiger partial charge in [-0.2, -0.15) is 0 Å². The zero-order valence-electron chi connectivity index (χ0n) is 22.4. The highest BCUT2D eigenvalue weighted by atomic mass is 79.9. The SMILES string of the molecule is C=CCc1cccc(C[C@H](CC(=O)Cc2c(Br)n(C(=O)OC(C)(C)C)c3ccc(OC)nc23)C(=O)OC)c1. The Kier molecular flexibility index (Phi) is 9.49. The number of benzene rings is 1. The smallest absolute Gasteiger partial charge is 0.419 e. The van der Waals surface area contributed by atoms with E-state index in [0.717, 1.165) is 11.1 Å². The van der Waals surface area contributed by atoms with Crippen molar-refractivity contribution in [3.8, 4) is 5.88 Å². The van der Waals surface area contributed by atoms with Crippen LogP contribution >= 0.6 is 15.9 Å². The molecule has 38 heavy (non-hydrogen) atoms. The first-order chi connectivity index (χ1) is 18.0. The second-order valence-corrected chi connectivity index (χ2v) is 10.7. The molecule has 1 atom stereocenters. The highest BCUT2D eigenvalue weighted by Crippen LogP contribution is 2.33. The van der Waals surface area contributed by atoms with Crippen LogP contribution in [-0.4, -0.2) is 47.2 Å². The van der Waals surface area contributed by atoms with Crippen molar-refractivity contribution in [2.75, 3.05) is 14.2 Å². The van der Waals surface area contributed by atoms with Gasteiger partial charge in [0, 0.05) is 24.5 Å². The number of hydrogen-bond acceptors (Lipinski definition) is 7. The number of ether oxygens (including phenoxy) is 3. The Hall–Kier alpha value is -3.46. The molecule has 0 N–H and O–H groups in total. The molecular weight excluding hydrogens is 552 g/mol. The molecule has 2 heterocycles. The summed E-state index contributed by atoms with van der Waals surface area (Å²) >= 11 is 3.49. The highest BCUT2D eigenvalue weighted by Gasteiger charge is 2.29. The summed E-state index contributed by atoms with van der Waals surface area (Å²) in [5.41, 5.74) is 2.69. The van der Waals surface area contributed by atoms with E-state index in [1.165, 1.54) is 18.8 Å². The normalized spacial score (nSPS) is 12.2. The number of methoxy groups -OCH3 is 2. The maximum absolute atomic E-state index is 13.3. The van der Waals surface area contributed by atoms with Gasteiger partial charge in [-0.05, 0) is 66.7 Å². The largest absolute Gasteiger partial charge is 0.481 e. The molecule has 8 nitrogen and oxygen atoms in total. The lowest BCUT2D eigenvalue weighted by molar-refractivity contribution is -0.147. The molecule has 3 rings (SSSR count). The maximum Gasteiger partial charge on any atom is 0.419 e. The van der Waals surface area contributed by atoms with Crippen LogP contribution < -0.4 is 4.74 Å². The van der Waals surface area contributed by atoms with Crippen LogP contribution in [0.4, 0.5) is 4.79 Å². The number of allylic oxidation sites excluding steroid dienone is 1. The monoisotopic (exact) mass is 584 g/mol. The van der Waals surface area contributed by atoms with Crippen molar-refractivity contribution in [1.82, 2.24) is 9.55 Å². The standard InChI is InChI=1S/C29H33BrN2O6/c1-7-9-18-10-8-11-19(14-18)15-20(27(34)37-6)16-21(33)17-22-25-23(12-13-24(31-25)36-5)32(26(22)30)28(35)38-29(2,3)4/h7-8,10-14,20H,1,9,15-17H2,2-6H3/t20-/m1/s1. The lowest BCUT2D eigenvalue weighted by Crippen LogP contribution is -2.27. The number of aromatic nitrogens is 2. The molecular formula is C29H33BrN2O6. The fourth-order valence-corrected chi connectivity index (χ4v) is 4.88. The molecule has 0 spiro atoms. The van der Waals surface area contributed by atoms with Crippen LogP contribution in [0, 0.1) is 5.92 Å².